The van der Waals surface area contributed by atoms with Gasteiger partial charge in [-0.25, -0.2) is 4.98 Å². The van der Waals surface area contributed by atoms with Crippen LogP contribution in [0.1, 0.15) is 22.6 Å². The zero-order valence-corrected chi connectivity index (χ0v) is 16.9. The van der Waals surface area contributed by atoms with E-state index in [1.54, 1.807) is 6.21 Å². The maximum Gasteiger partial charge on any atom is 0.203 e. The first kappa shape index (κ1) is 18.9. The van der Waals surface area contributed by atoms with Gasteiger partial charge in [-0.3, -0.25) is 5.43 Å². The van der Waals surface area contributed by atoms with E-state index in [-0.39, 0.29) is 0 Å². The molecule has 2 heterocycles. The average Bonchev–Trinajstić information content (AvgIpc) is 3.35. The minimum atomic E-state index is 0.395. The molecule has 7 heteroatoms. The Hall–Kier alpha value is -3.45. The van der Waals surface area contributed by atoms with Crippen molar-refractivity contribution in [2.75, 3.05) is 5.43 Å². The van der Waals surface area contributed by atoms with E-state index < -0.39 is 0 Å². The minimum absolute atomic E-state index is 0.395. The van der Waals surface area contributed by atoms with Crippen molar-refractivity contribution in [3.63, 3.8) is 0 Å². The number of nitrogens with one attached hydrogen (secondary N) is 1. The van der Waals surface area contributed by atoms with Crippen molar-refractivity contribution in [2.24, 2.45) is 5.10 Å². The summed E-state index contributed by atoms with van der Waals surface area (Å²) >= 11 is 1.51. The molecule has 4 rings (SSSR count). The lowest BCUT2D eigenvalue weighted by atomic mass is 10.2. The molecule has 146 valence electrons. The van der Waals surface area contributed by atoms with Crippen molar-refractivity contribution in [1.29, 1.82) is 0 Å². The maximum absolute atomic E-state index is 5.98. The van der Waals surface area contributed by atoms with Crippen molar-refractivity contribution in [2.45, 2.75) is 20.5 Å². The van der Waals surface area contributed by atoms with E-state index in [0.29, 0.717) is 6.61 Å². The zero-order valence-electron chi connectivity index (χ0n) is 16.1. The molecule has 4 aromatic rings. The summed E-state index contributed by atoms with van der Waals surface area (Å²) in [7, 11) is 0. The van der Waals surface area contributed by atoms with Crippen LogP contribution in [0.4, 0.5) is 5.13 Å². The second-order valence-corrected chi connectivity index (χ2v) is 7.26. The summed E-state index contributed by atoms with van der Waals surface area (Å²) in [6.45, 7) is 4.18. The van der Waals surface area contributed by atoms with E-state index in [2.05, 4.69) is 20.7 Å². The molecule has 0 radical (unpaired) electrons. The van der Waals surface area contributed by atoms with Crippen LogP contribution in [0.15, 0.2) is 69.6 Å². The summed E-state index contributed by atoms with van der Waals surface area (Å²) in [4.78, 5) is 4.57. The van der Waals surface area contributed by atoms with Crippen molar-refractivity contribution in [1.82, 2.24) is 10.1 Å². The number of ether oxygens (including phenoxy) is 1. The number of hydrogen-bond donors (Lipinski definition) is 1. The van der Waals surface area contributed by atoms with Crippen LogP contribution in [-0.2, 0) is 6.61 Å². The third kappa shape index (κ3) is 4.52. The quantitative estimate of drug-likeness (QED) is 0.328. The SMILES string of the molecule is Cc1noc(C)c1COc1ccccc1C=NNc1nc(-c2ccccc2)cs1. The standard InChI is InChI=1S/C22H20N4O2S/c1-15-19(16(2)28-26-15)13-27-21-11-7-6-10-18(21)12-23-25-22-24-20(14-29-22)17-8-4-3-5-9-17/h3-12,14H,13H2,1-2H3,(H,24,25). The van der Waals surface area contributed by atoms with Crippen LogP contribution in [0.5, 0.6) is 5.75 Å². The van der Waals surface area contributed by atoms with Crippen molar-refractivity contribution < 1.29 is 9.26 Å². The molecule has 0 fully saturated rings. The van der Waals surface area contributed by atoms with Crippen LogP contribution in [-0.4, -0.2) is 16.4 Å². The smallest absolute Gasteiger partial charge is 0.203 e. The molecule has 0 saturated carbocycles. The summed E-state index contributed by atoms with van der Waals surface area (Å²) < 4.78 is 11.2. The fourth-order valence-electron chi connectivity index (χ4n) is 2.80. The molecule has 0 aliphatic carbocycles. The predicted octanol–water partition coefficient (Wildman–Crippen LogP) is 5.44. The third-order valence-corrected chi connectivity index (χ3v) is 5.16. The molecule has 0 amide bonds. The predicted molar refractivity (Wildman–Crippen MR) is 116 cm³/mol. The Morgan fingerprint density at radius 2 is 1.90 bits per heavy atom. The molecular weight excluding hydrogens is 384 g/mol. The van der Waals surface area contributed by atoms with E-state index in [1.807, 2.05) is 73.8 Å². The van der Waals surface area contributed by atoms with E-state index in [1.165, 1.54) is 11.3 Å². The Morgan fingerprint density at radius 1 is 1.10 bits per heavy atom. The van der Waals surface area contributed by atoms with Gasteiger partial charge >= 0.3 is 0 Å². The monoisotopic (exact) mass is 404 g/mol. The van der Waals surface area contributed by atoms with E-state index in [0.717, 1.165) is 44.7 Å². The Morgan fingerprint density at radius 3 is 2.69 bits per heavy atom. The fourth-order valence-corrected chi connectivity index (χ4v) is 3.47. The number of thiazole rings is 1. The van der Waals surface area contributed by atoms with Gasteiger partial charge in [0.15, 0.2) is 0 Å². The third-order valence-electron chi connectivity index (χ3n) is 4.41. The van der Waals surface area contributed by atoms with Gasteiger partial charge < -0.3 is 9.26 Å². The number of aryl methyl sites for hydroxylation is 2. The molecule has 2 aromatic heterocycles. The van der Waals surface area contributed by atoms with Gasteiger partial charge in [-0.15, -0.1) is 11.3 Å². The summed E-state index contributed by atoms with van der Waals surface area (Å²) in [5, 5.41) is 11.0. The van der Waals surface area contributed by atoms with Crippen LogP contribution >= 0.6 is 11.3 Å². The number of aromatic nitrogens is 2. The highest BCUT2D eigenvalue weighted by Crippen LogP contribution is 2.25. The number of hydrazone groups is 1. The summed E-state index contributed by atoms with van der Waals surface area (Å²) in [6, 6.07) is 17.8. The summed E-state index contributed by atoms with van der Waals surface area (Å²) in [5.41, 5.74) is 7.68. The van der Waals surface area contributed by atoms with Crippen LogP contribution in [0.3, 0.4) is 0 Å². The highest BCUT2D eigenvalue weighted by Gasteiger charge is 2.10. The number of para-hydroxylation sites is 1. The molecule has 6 nitrogen and oxygen atoms in total. The van der Waals surface area contributed by atoms with Crippen molar-refractivity contribution in [3.8, 4) is 17.0 Å². The normalized spacial score (nSPS) is 11.1. The highest BCUT2D eigenvalue weighted by atomic mass is 32.1. The van der Waals surface area contributed by atoms with Gasteiger partial charge in [0.2, 0.25) is 5.13 Å². The van der Waals surface area contributed by atoms with Gasteiger partial charge in [0.05, 0.1) is 23.2 Å². The number of rotatable bonds is 7. The second kappa shape index (κ2) is 8.70. The van der Waals surface area contributed by atoms with Gasteiger partial charge in [-0.05, 0) is 26.0 Å². The Kier molecular flexibility index (Phi) is 5.67. The Bertz CT molecular complexity index is 1100. The minimum Gasteiger partial charge on any atom is -0.488 e. The molecular formula is C22H20N4O2S. The second-order valence-electron chi connectivity index (χ2n) is 6.40. The molecule has 0 atom stereocenters. The molecule has 2 aromatic carbocycles. The van der Waals surface area contributed by atoms with Crippen LogP contribution in [0.25, 0.3) is 11.3 Å². The number of nitrogens with zero attached hydrogens (tertiary/aromatic N) is 3. The molecule has 0 aliphatic rings. The molecule has 0 saturated heterocycles. The summed E-state index contributed by atoms with van der Waals surface area (Å²) in [5.74, 6) is 1.51. The van der Waals surface area contributed by atoms with Gasteiger partial charge in [-0.1, -0.05) is 47.6 Å². The van der Waals surface area contributed by atoms with Gasteiger partial charge in [0.25, 0.3) is 0 Å². The molecule has 29 heavy (non-hydrogen) atoms. The summed E-state index contributed by atoms with van der Waals surface area (Å²) in [6.07, 6.45) is 1.73. The first-order valence-electron chi connectivity index (χ1n) is 9.14. The maximum atomic E-state index is 5.98. The molecule has 0 bridgehead atoms. The topological polar surface area (TPSA) is 72.5 Å². The number of hydrogen-bond acceptors (Lipinski definition) is 7. The molecule has 1 N–H and O–H groups in total. The lowest BCUT2D eigenvalue weighted by Gasteiger charge is -2.08. The molecule has 0 aliphatic heterocycles. The fraction of sp³-hybridized carbons (Fsp3) is 0.136. The van der Waals surface area contributed by atoms with E-state index in [9.17, 15) is 0 Å². The molecule has 0 unspecified atom stereocenters. The van der Waals surface area contributed by atoms with Crippen LogP contribution < -0.4 is 10.2 Å². The van der Waals surface area contributed by atoms with E-state index >= 15 is 0 Å². The Labute approximate surface area is 172 Å². The van der Waals surface area contributed by atoms with Crippen molar-refractivity contribution in [3.05, 3.63) is 82.6 Å². The van der Waals surface area contributed by atoms with Crippen molar-refractivity contribution >= 4 is 22.7 Å². The lowest BCUT2D eigenvalue weighted by Crippen LogP contribution is -2.00. The number of anilines is 1. The number of benzene rings is 2. The first-order chi connectivity index (χ1) is 14.2. The van der Waals surface area contributed by atoms with E-state index in [4.69, 9.17) is 9.26 Å². The van der Waals surface area contributed by atoms with Crippen LogP contribution in [0, 0.1) is 13.8 Å². The lowest BCUT2D eigenvalue weighted by molar-refractivity contribution is 0.301. The van der Waals surface area contributed by atoms with Crippen LogP contribution in [0.2, 0.25) is 0 Å². The van der Waals surface area contributed by atoms with Gasteiger partial charge in [0, 0.05) is 16.5 Å². The largest absolute Gasteiger partial charge is 0.488 e. The molecule has 0 spiro atoms. The van der Waals surface area contributed by atoms with Gasteiger partial charge in [-0.2, -0.15) is 5.10 Å². The average molecular weight is 404 g/mol. The first-order valence-corrected chi connectivity index (χ1v) is 10.0. The Balaban J connectivity index is 1.42. The zero-order chi connectivity index (χ0) is 20.1. The van der Waals surface area contributed by atoms with Gasteiger partial charge in [0.1, 0.15) is 18.1 Å². The highest BCUT2D eigenvalue weighted by molar-refractivity contribution is 7.14.